The Morgan fingerprint density at radius 2 is 1.68 bits per heavy atom. The quantitative estimate of drug-likeness (QED) is 0.640. The number of carbonyl (C=O) groups is 3. The fourth-order valence-electron chi connectivity index (χ4n) is 4.43. The molecule has 2 aromatic rings. The van der Waals surface area contributed by atoms with Gasteiger partial charge in [0, 0.05) is 32.7 Å². The monoisotopic (exact) mass is 459 g/mol. The standard InChI is InChI=1S/C26H29N5O3/c1-26(12-11-20-5-3-2-4-6-20)24(33)31(25(34)28-26)19-23(32)30-15-13-29(14-16-30)18-22-9-7-21(17-27)8-10-22/h2-10H,11-16,18-19H2,1H3,(H,28,34)/t26-/m0/s1. The first-order valence-electron chi connectivity index (χ1n) is 11.6. The van der Waals surface area contributed by atoms with Gasteiger partial charge in [0.1, 0.15) is 12.1 Å². The van der Waals surface area contributed by atoms with Crippen molar-refractivity contribution in [1.82, 2.24) is 20.0 Å². The molecule has 2 aliphatic rings. The fraction of sp³-hybridized carbons (Fsp3) is 0.385. The van der Waals surface area contributed by atoms with E-state index in [0.717, 1.165) is 22.6 Å². The van der Waals surface area contributed by atoms with Gasteiger partial charge in [0.05, 0.1) is 11.6 Å². The van der Waals surface area contributed by atoms with Crippen molar-refractivity contribution >= 4 is 17.8 Å². The Morgan fingerprint density at radius 3 is 2.32 bits per heavy atom. The summed E-state index contributed by atoms with van der Waals surface area (Å²) in [6.45, 7) is 4.75. The third-order valence-electron chi connectivity index (χ3n) is 6.61. The van der Waals surface area contributed by atoms with Crippen LogP contribution in [-0.2, 0) is 22.6 Å². The molecule has 8 nitrogen and oxygen atoms in total. The molecular formula is C26H29N5O3. The van der Waals surface area contributed by atoms with Gasteiger partial charge in [-0.2, -0.15) is 5.26 Å². The number of nitriles is 1. The Bertz CT molecular complexity index is 1090. The molecule has 0 unspecified atom stereocenters. The van der Waals surface area contributed by atoms with Crippen molar-refractivity contribution in [1.29, 1.82) is 5.26 Å². The van der Waals surface area contributed by atoms with Gasteiger partial charge in [0.15, 0.2) is 0 Å². The summed E-state index contributed by atoms with van der Waals surface area (Å²) in [5, 5.41) is 11.7. The molecule has 4 rings (SSSR count). The summed E-state index contributed by atoms with van der Waals surface area (Å²) in [6, 6.07) is 18.9. The van der Waals surface area contributed by atoms with Crippen LogP contribution >= 0.6 is 0 Å². The Hall–Kier alpha value is -3.70. The number of rotatable bonds is 7. The lowest BCUT2D eigenvalue weighted by Crippen LogP contribution is -2.52. The van der Waals surface area contributed by atoms with Crippen LogP contribution in [-0.4, -0.2) is 70.8 Å². The maximum Gasteiger partial charge on any atom is 0.325 e. The molecule has 0 aliphatic carbocycles. The van der Waals surface area contributed by atoms with Gasteiger partial charge < -0.3 is 10.2 Å². The zero-order chi connectivity index (χ0) is 24.1. The highest BCUT2D eigenvalue weighted by Gasteiger charge is 2.48. The summed E-state index contributed by atoms with van der Waals surface area (Å²) in [4.78, 5) is 43.4. The minimum Gasteiger partial charge on any atom is -0.339 e. The zero-order valence-electron chi connectivity index (χ0n) is 19.4. The van der Waals surface area contributed by atoms with Crippen molar-refractivity contribution in [2.24, 2.45) is 0 Å². The van der Waals surface area contributed by atoms with Gasteiger partial charge in [0.25, 0.3) is 5.91 Å². The lowest BCUT2D eigenvalue weighted by molar-refractivity contribution is -0.139. The van der Waals surface area contributed by atoms with Crippen LogP contribution in [0.3, 0.4) is 0 Å². The van der Waals surface area contributed by atoms with Gasteiger partial charge in [-0.25, -0.2) is 4.79 Å². The van der Waals surface area contributed by atoms with Crippen molar-refractivity contribution in [3.63, 3.8) is 0 Å². The highest BCUT2D eigenvalue weighted by molar-refractivity contribution is 6.08. The highest BCUT2D eigenvalue weighted by Crippen LogP contribution is 2.23. The first-order valence-corrected chi connectivity index (χ1v) is 11.6. The van der Waals surface area contributed by atoms with E-state index >= 15 is 0 Å². The third kappa shape index (κ3) is 5.26. The number of hydrogen-bond acceptors (Lipinski definition) is 5. The Labute approximate surface area is 199 Å². The molecular weight excluding hydrogens is 430 g/mol. The van der Waals surface area contributed by atoms with Crippen molar-refractivity contribution in [3.8, 4) is 6.07 Å². The summed E-state index contributed by atoms with van der Waals surface area (Å²) in [6.07, 6.45) is 1.13. The van der Waals surface area contributed by atoms with E-state index in [1.807, 2.05) is 42.5 Å². The number of imide groups is 1. The molecule has 2 heterocycles. The van der Waals surface area contributed by atoms with E-state index in [4.69, 9.17) is 5.26 Å². The average molecular weight is 460 g/mol. The maximum atomic E-state index is 13.0. The van der Waals surface area contributed by atoms with Crippen LogP contribution in [0.5, 0.6) is 0 Å². The van der Waals surface area contributed by atoms with Crippen LogP contribution in [0.1, 0.15) is 30.0 Å². The number of carbonyl (C=O) groups excluding carboxylic acids is 3. The largest absolute Gasteiger partial charge is 0.339 e. The number of urea groups is 1. The van der Waals surface area contributed by atoms with Crippen molar-refractivity contribution in [2.75, 3.05) is 32.7 Å². The number of hydrogen-bond donors (Lipinski definition) is 1. The normalized spacial score (nSPS) is 20.8. The summed E-state index contributed by atoms with van der Waals surface area (Å²) < 4.78 is 0. The Balaban J connectivity index is 1.27. The predicted octanol–water partition coefficient (Wildman–Crippen LogP) is 2.15. The molecule has 0 spiro atoms. The van der Waals surface area contributed by atoms with E-state index in [0.29, 0.717) is 44.6 Å². The van der Waals surface area contributed by atoms with Gasteiger partial charge in [0.2, 0.25) is 5.91 Å². The van der Waals surface area contributed by atoms with Gasteiger partial charge >= 0.3 is 6.03 Å². The molecule has 2 aliphatic heterocycles. The van der Waals surface area contributed by atoms with Crippen LogP contribution in [0.2, 0.25) is 0 Å². The topological polar surface area (TPSA) is 96.8 Å². The van der Waals surface area contributed by atoms with Gasteiger partial charge in [-0.15, -0.1) is 0 Å². The molecule has 0 radical (unpaired) electrons. The molecule has 1 atom stereocenters. The van der Waals surface area contributed by atoms with Crippen molar-refractivity contribution in [3.05, 3.63) is 71.3 Å². The van der Waals surface area contributed by atoms with Crippen LogP contribution in [0.4, 0.5) is 4.79 Å². The van der Waals surface area contributed by atoms with Gasteiger partial charge in [-0.05, 0) is 43.0 Å². The van der Waals surface area contributed by atoms with Crippen LogP contribution in [0.15, 0.2) is 54.6 Å². The molecule has 2 fully saturated rings. The number of amides is 4. The van der Waals surface area contributed by atoms with E-state index in [2.05, 4.69) is 16.3 Å². The second-order valence-corrected chi connectivity index (χ2v) is 9.10. The predicted molar refractivity (Wildman–Crippen MR) is 126 cm³/mol. The molecule has 0 aromatic heterocycles. The van der Waals surface area contributed by atoms with Crippen molar-refractivity contribution in [2.45, 2.75) is 31.8 Å². The Kier molecular flexibility index (Phi) is 6.94. The minimum absolute atomic E-state index is 0.214. The molecule has 0 saturated carbocycles. The second-order valence-electron chi connectivity index (χ2n) is 9.10. The highest BCUT2D eigenvalue weighted by atomic mass is 16.2. The zero-order valence-corrected chi connectivity index (χ0v) is 19.4. The number of piperazine rings is 1. The molecule has 1 N–H and O–H groups in total. The van der Waals surface area contributed by atoms with E-state index in [9.17, 15) is 14.4 Å². The number of benzene rings is 2. The summed E-state index contributed by atoms with van der Waals surface area (Å²) >= 11 is 0. The van der Waals surface area contributed by atoms with E-state index in [1.54, 1.807) is 24.0 Å². The van der Waals surface area contributed by atoms with E-state index in [1.165, 1.54) is 0 Å². The first-order chi connectivity index (χ1) is 16.4. The Morgan fingerprint density at radius 1 is 1.00 bits per heavy atom. The van der Waals surface area contributed by atoms with Crippen LogP contribution < -0.4 is 5.32 Å². The summed E-state index contributed by atoms with van der Waals surface area (Å²) in [7, 11) is 0. The molecule has 0 bridgehead atoms. The average Bonchev–Trinajstić information content (AvgIpc) is 3.07. The maximum absolute atomic E-state index is 13.0. The second kappa shape index (κ2) is 10.1. The van der Waals surface area contributed by atoms with Crippen LogP contribution in [0.25, 0.3) is 0 Å². The molecule has 8 heteroatoms. The fourth-order valence-corrected chi connectivity index (χ4v) is 4.43. The molecule has 34 heavy (non-hydrogen) atoms. The number of nitrogens with one attached hydrogen (secondary N) is 1. The summed E-state index contributed by atoms with van der Waals surface area (Å²) in [5.74, 6) is -0.560. The summed E-state index contributed by atoms with van der Waals surface area (Å²) in [5.41, 5.74) is 1.84. The van der Waals surface area contributed by atoms with Crippen LogP contribution in [0, 0.1) is 11.3 Å². The number of aryl methyl sites for hydroxylation is 1. The van der Waals surface area contributed by atoms with Crippen molar-refractivity contribution < 1.29 is 14.4 Å². The SMILES string of the molecule is C[C@@]1(CCc2ccccc2)NC(=O)N(CC(=O)N2CCN(Cc3ccc(C#N)cc3)CC2)C1=O. The van der Waals surface area contributed by atoms with E-state index < -0.39 is 11.6 Å². The molecule has 4 amide bonds. The van der Waals surface area contributed by atoms with E-state index in [-0.39, 0.29) is 18.4 Å². The molecule has 2 saturated heterocycles. The lowest BCUT2D eigenvalue weighted by atomic mass is 9.93. The molecule has 176 valence electrons. The van der Waals surface area contributed by atoms with Gasteiger partial charge in [-0.1, -0.05) is 42.5 Å². The number of nitrogens with zero attached hydrogens (tertiary/aromatic N) is 4. The third-order valence-corrected chi connectivity index (χ3v) is 6.61. The molecule has 2 aromatic carbocycles. The first kappa shape index (κ1) is 23.5. The minimum atomic E-state index is -1.01. The van der Waals surface area contributed by atoms with Gasteiger partial charge in [-0.3, -0.25) is 19.4 Å². The smallest absolute Gasteiger partial charge is 0.325 e. The lowest BCUT2D eigenvalue weighted by Gasteiger charge is -2.35.